The van der Waals surface area contributed by atoms with Gasteiger partial charge in [-0.1, -0.05) is 25.4 Å². The molecule has 11 nitrogen and oxygen atoms in total. The number of carbonyl (C=O) groups excluding carboxylic acids is 2. The maximum atomic E-state index is 13.7. The molecule has 0 radical (unpaired) electrons. The summed E-state index contributed by atoms with van der Waals surface area (Å²) in [6, 6.07) is 9.42. The molecule has 49 heavy (non-hydrogen) atoms. The number of aliphatic imine (C=N–C) groups is 1. The lowest BCUT2D eigenvalue weighted by Gasteiger charge is -2.40. The molecule has 3 atom stereocenters. The Morgan fingerprint density at radius 3 is 2.55 bits per heavy atom. The van der Waals surface area contributed by atoms with Crippen molar-refractivity contribution >= 4 is 56.4 Å². The monoisotopic (exact) mass is 754 g/mol. The van der Waals surface area contributed by atoms with E-state index >= 15 is 0 Å². The van der Waals surface area contributed by atoms with Crippen molar-refractivity contribution in [2.24, 2.45) is 16.3 Å². The standard InChI is InChI=1S/C36H44BrClN6O5/c1-21-13-24(38)17-25(14-21)43-11-9-42(10-12-43)8-7-22(2)49-41-35(46)26-20-39-44-32(23-15-27(37)33(48-6)30(16-23)47-5)31-28(40-34(26)44)18-36(3,4)19-29(31)45/h13-17,20,22,31-32H,7-12,18-19H2,1-6H3,(H,41,46). The zero-order valence-corrected chi connectivity index (χ0v) is 31.2. The van der Waals surface area contributed by atoms with Crippen molar-refractivity contribution in [3.8, 4) is 11.5 Å². The summed E-state index contributed by atoms with van der Waals surface area (Å²) < 4.78 is 13.5. The molecule has 1 saturated heterocycles. The molecule has 0 spiro atoms. The third-order valence-corrected chi connectivity index (χ3v) is 10.4. The third kappa shape index (κ3) is 7.52. The molecule has 2 fully saturated rings. The van der Waals surface area contributed by atoms with Crippen LogP contribution in [0.3, 0.4) is 0 Å². The van der Waals surface area contributed by atoms with Crippen LogP contribution in [0.15, 0.2) is 46.0 Å². The number of anilines is 1. The van der Waals surface area contributed by atoms with Gasteiger partial charge in [0.1, 0.15) is 11.3 Å². The van der Waals surface area contributed by atoms with Crippen LogP contribution in [-0.2, 0) is 9.63 Å². The predicted octanol–water partition coefficient (Wildman–Crippen LogP) is 6.57. The van der Waals surface area contributed by atoms with Gasteiger partial charge in [-0.25, -0.2) is 15.2 Å². The average molecular weight is 756 g/mol. The van der Waals surface area contributed by atoms with Crippen LogP contribution in [-0.4, -0.2) is 85.1 Å². The summed E-state index contributed by atoms with van der Waals surface area (Å²) in [5, 5.41) is 5.38. The number of fused-ring (bicyclic) bond motifs is 2. The van der Waals surface area contributed by atoms with Gasteiger partial charge in [-0.05, 0) is 89.5 Å². The maximum absolute atomic E-state index is 13.7. The van der Waals surface area contributed by atoms with Crippen LogP contribution >= 0.6 is 27.5 Å². The Balaban J connectivity index is 1.13. The number of hydrogen-bond donors (Lipinski definition) is 1. The van der Waals surface area contributed by atoms with Crippen molar-refractivity contribution in [2.45, 2.75) is 59.1 Å². The van der Waals surface area contributed by atoms with Crippen LogP contribution in [0, 0.1) is 18.3 Å². The van der Waals surface area contributed by atoms with Crippen LogP contribution in [0.25, 0.3) is 0 Å². The Hall–Kier alpha value is -3.45. The number of halogens is 2. The number of nitrogens with one attached hydrogen (secondary N) is 1. The van der Waals surface area contributed by atoms with Gasteiger partial charge in [0.05, 0.1) is 43.0 Å². The lowest BCUT2D eigenvalue weighted by Crippen LogP contribution is -2.47. The molecule has 1 amide bonds. The van der Waals surface area contributed by atoms with Crippen LogP contribution in [0.5, 0.6) is 11.5 Å². The molecule has 13 heteroatoms. The molecular formula is C36H44BrClN6O5. The Morgan fingerprint density at radius 2 is 1.86 bits per heavy atom. The van der Waals surface area contributed by atoms with E-state index in [4.69, 9.17) is 30.9 Å². The minimum absolute atomic E-state index is 0.0937. The number of ketones is 1. The van der Waals surface area contributed by atoms with Gasteiger partial charge < -0.3 is 14.4 Å². The molecule has 2 aliphatic heterocycles. The number of piperazine rings is 1. The van der Waals surface area contributed by atoms with Crippen molar-refractivity contribution in [3.63, 3.8) is 0 Å². The molecule has 1 N–H and O–H groups in total. The molecule has 0 bridgehead atoms. The first-order valence-corrected chi connectivity index (χ1v) is 17.8. The highest BCUT2D eigenvalue weighted by Gasteiger charge is 2.47. The number of aromatic nitrogens is 2. The van der Waals surface area contributed by atoms with E-state index in [0.29, 0.717) is 34.6 Å². The molecule has 3 aromatic rings. The van der Waals surface area contributed by atoms with E-state index in [0.717, 1.165) is 66.7 Å². The molecule has 1 aliphatic carbocycles. The van der Waals surface area contributed by atoms with Gasteiger partial charge >= 0.3 is 0 Å². The highest BCUT2D eigenvalue weighted by atomic mass is 79.9. The van der Waals surface area contributed by atoms with Crippen LogP contribution in [0.1, 0.15) is 67.6 Å². The van der Waals surface area contributed by atoms with Gasteiger partial charge in [0.25, 0.3) is 5.91 Å². The van der Waals surface area contributed by atoms with E-state index < -0.39 is 17.9 Å². The van der Waals surface area contributed by atoms with Crippen molar-refractivity contribution in [1.29, 1.82) is 0 Å². The number of methoxy groups -OCH3 is 2. The number of ether oxygens (including phenoxy) is 2. The number of hydrogen-bond acceptors (Lipinski definition) is 9. The SMILES string of the molecule is COc1cc(C2C3C(=O)CC(C)(C)CC3=Nc3c(C(=O)NOC(C)CCN4CCN(c5cc(C)cc(Cl)c5)CC4)cnn32)cc(Br)c1OC. The molecule has 1 saturated carbocycles. The maximum Gasteiger partial charge on any atom is 0.280 e. The molecule has 1 aromatic heterocycles. The minimum Gasteiger partial charge on any atom is -0.493 e. The van der Waals surface area contributed by atoms with E-state index in [9.17, 15) is 9.59 Å². The van der Waals surface area contributed by atoms with Gasteiger partial charge in [0.15, 0.2) is 17.3 Å². The largest absolute Gasteiger partial charge is 0.493 e. The van der Waals surface area contributed by atoms with Gasteiger partial charge in [0.2, 0.25) is 0 Å². The summed E-state index contributed by atoms with van der Waals surface area (Å²) in [4.78, 5) is 42.8. The summed E-state index contributed by atoms with van der Waals surface area (Å²) in [5.41, 5.74) is 6.54. The molecule has 3 aliphatic rings. The summed E-state index contributed by atoms with van der Waals surface area (Å²) in [6.45, 7) is 12.7. The fourth-order valence-corrected chi connectivity index (χ4v) is 8.12. The van der Waals surface area contributed by atoms with Gasteiger partial charge in [-0.15, -0.1) is 0 Å². The van der Waals surface area contributed by atoms with Gasteiger partial charge in [-0.3, -0.25) is 19.3 Å². The fraction of sp³-hybridized carbons (Fsp3) is 0.500. The summed E-state index contributed by atoms with van der Waals surface area (Å²) in [6.07, 6.45) is 3.09. The van der Waals surface area contributed by atoms with Crippen LogP contribution in [0.4, 0.5) is 11.5 Å². The second-order valence-electron chi connectivity index (χ2n) is 14.0. The van der Waals surface area contributed by atoms with Crippen molar-refractivity contribution in [2.75, 3.05) is 51.8 Å². The minimum atomic E-state index is -0.521. The summed E-state index contributed by atoms with van der Waals surface area (Å²) in [7, 11) is 3.15. The number of hydroxylamine groups is 1. The number of rotatable bonds is 10. The van der Waals surface area contributed by atoms with E-state index in [1.165, 1.54) is 6.20 Å². The fourth-order valence-electron chi connectivity index (χ4n) is 7.21. The first-order chi connectivity index (χ1) is 23.4. The van der Waals surface area contributed by atoms with E-state index in [2.05, 4.69) is 63.1 Å². The van der Waals surface area contributed by atoms with E-state index in [1.807, 2.05) is 31.2 Å². The average Bonchev–Trinajstić information content (AvgIpc) is 3.47. The normalized spacial score (nSPS) is 21.0. The Bertz CT molecular complexity index is 1750. The first-order valence-electron chi connectivity index (χ1n) is 16.7. The number of nitrogens with zero attached hydrogens (tertiary/aromatic N) is 5. The molecule has 3 unspecified atom stereocenters. The number of benzene rings is 2. The van der Waals surface area contributed by atoms with Crippen molar-refractivity contribution in [3.05, 3.63) is 62.7 Å². The molecule has 3 heterocycles. The number of aryl methyl sites for hydroxylation is 1. The van der Waals surface area contributed by atoms with Crippen LogP contribution in [0.2, 0.25) is 5.02 Å². The van der Waals surface area contributed by atoms with Gasteiger partial charge in [-0.2, -0.15) is 5.10 Å². The lowest BCUT2D eigenvalue weighted by molar-refractivity contribution is -0.124. The molecular weight excluding hydrogens is 712 g/mol. The molecule has 2 aromatic carbocycles. The molecule has 262 valence electrons. The predicted molar refractivity (Wildman–Crippen MR) is 194 cm³/mol. The second kappa shape index (κ2) is 14.4. The first kappa shape index (κ1) is 35.4. The Morgan fingerprint density at radius 1 is 1.10 bits per heavy atom. The molecule has 6 rings (SSSR count). The van der Waals surface area contributed by atoms with Crippen LogP contribution < -0.4 is 19.9 Å². The highest BCUT2D eigenvalue weighted by Crippen LogP contribution is 2.48. The van der Waals surface area contributed by atoms with Gasteiger partial charge in [0, 0.05) is 55.6 Å². The summed E-state index contributed by atoms with van der Waals surface area (Å²) >= 11 is 9.89. The lowest BCUT2D eigenvalue weighted by atomic mass is 9.67. The highest BCUT2D eigenvalue weighted by molar-refractivity contribution is 9.10. The smallest absolute Gasteiger partial charge is 0.280 e. The topological polar surface area (TPSA) is 111 Å². The summed E-state index contributed by atoms with van der Waals surface area (Å²) in [5.74, 6) is 0.607. The zero-order chi connectivity index (χ0) is 35.0. The second-order valence-corrected chi connectivity index (χ2v) is 15.3. The van der Waals surface area contributed by atoms with Crippen molar-refractivity contribution in [1.82, 2.24) is 20.2 Å². The number of carbonyl (C=O) groups is 2. The van der Waals surface area contributed by atoms with E-state index in [1.54, 1.807) is 18.9 Å². The zero-order valence-electron chi connectivity index (χ0n) is 28.9. The quantitative estimate of drug-likeness (QED) is 0.232. The Kier molecular flexibility index (Phi) is 10.4. The number of amides is 1. The third-order valence-electron chi connectivity index (χ3n) is 9.63. The Labute approximate surface area is 301 Å². The van der Waals surface area contributed by atoms with E-state index in [-0.39, 0.29) is 22.9 Å². The van der Waals surface area contributed by atoms with Crippen molar-refractivity contribution < 1.29 is 23.9 Å². The number of Topliss-reactive ketones (excluding diaryl/α,β-unsaturated/α-hetero) is 1.